The number of nitrogen functional groups attached to an aromatic ring is 1. The fraction of sp³-hybridized carbons (Fsp3) is 0.286. The standard InChI is InChI=1S/C13H13Br2FN2O2.C8H8FNO/c14-12(15)11(19)9-7-8(3-4-10(9)16)17-13(20)18-5-1-2-6-18;1-5(11)7-4-6(10)2-3-8(7)9/h3-4,7,12H,1-2,5-6H2,(H,17,20);2-4H,10H2,1H3. The third-order valence-corrected chi connectivity index (χ3v) is 5.28. The Balaban J connectivity index is 0.000000262. The minimum atomic E-state index is -0.658. The highest BCUT2D eigenvalue weighted by Crippen LogP contribution is 2.22. The van der Waals surface area contributed by atoms with Crippen LogP contribution in [-0.2, 0) is 0 Å². The van der Waals surface area contributed by atoms with Crippen molar-refractivity contribution in [3.8, 4) is 0 Å². The molecule has 1 fully saturated rings. The molecule has 0 spiro atoms. The number of anilines is 2. The predicted octanol–water partition coefficient (Wildman–Crippen LogP) is 5.36. The number of benzene rings is 2. The quantitative estimate of drug-likeness (QED) is 0.299. The monoisotopic (exact) mass is 559 g/mol. The molecule has 0 unspecified atom stereocenters. The van der Waals surface area contributed by atoms with Crippen molar-refractivity contribution in [3.63, 3.8) is 0 Å². The number of nitrogens with one attached hydrogen (secondary N) is 1. The summed E-state index contributed by atoms with van der Waals surface area (Å²) < 4.78 is 25.7. The zero-order valence-electron chi connectivity index (χ0n) is 16.6. The lowest BCUT2D eigenvalue weighted by atomic mass is 10.1. The van der Waals surface area contributed by atoms with Gasteiger partial charge < -0.3 is 16.0 Å². The third kappa shape index (κ3) is 7.10. The number of ketones is 2. The maximum absolute atomic E-state index is 13.6. The number of alkyl halides is 2. The van der Waals surface area contributed by atoms with E-state index in [1.54, 1.807) is 4.90 Å². The molecule has 2 amide bonds. The van der Waals surface area contributed by atoms with Gasteiger partial charge in [0.1, 0.15) is 15.4 Å². The largest absolute Gasteiger partial charge is 0.399 e. The molecule has 0 aliphatic carbocycles. The van der Waals surface area contributed by atoms with E-state index in [9.17, 15) is 23.2 Å². The number of carbonyl (C=O) groups excluding carboxylic acids is 3. The van der Waals surface area contributed by atoms with Gasteiger partial charge in [0.15, 0.2) is 11.6 Å². The molecular formula is C21H21Br2F2N3O3. The molecule has 1 aliphatic heterocycles. The van der Waals surface area contributed by atoms with Gasteiger partial charge in [0.2, 0.25) is 0 Å². The van der Waals surface area contributed by atoms with E-state index >= 15 is 0 Å². The number of likely N-dealkylation sites (tertiary alicyclic amines) is 1. The van der Waals surface area contributed by atoms with Gasteiger partial charge in [-0.05, 0) is 56.2 Å². The molecule has 166 valence electrons. The lowest BCUT2D eigenvalue weighted by molar-refractivity contribution is 0.100. The van der Waals surface area contributed by atoms with Gasteiger partial charge in [-0.1, -0.05) is 31.9 Å². The Bertz CT molecular complexity index is 980. The molecule has 31 heavy (non-hydrogen) atoms. The van der Waals surface area contributed by atoms with E-state index in [4.69, 9.17) is 5.73 Å². The Hall–Kier alpha value is -2.33. The summed E-state index contributed by atoms with van der Waals surface area (Å²) in [6, 6.07) is 7.68. The molecule has 2 aromatic carbocycles. The van der Waals surface area contributed by atoms with Crippen LogP contribution in [0.1, 0.15) is 40.5 Å². The summed E-state index contributed by atoms with van der Waals surface area (Å²) in [6.45, 7) is 2.76. The molecule has 0 radical (unpaired) electrons. The Labute approximate surface area is 195 Å². The second-order valence-electron chi connectivity index (χ2n) is 6.78. The summed E-state index contributed by atoms with van der Waals surface area (Å²) in [5.74, 6) is -1.88. The second kappa shape index (κ2) is 11.3. The van der Waals surface area contributed by atoms with Crippen molar-refractivity contribution in [1.82, 2.24) is 4.90 Å². The lowest BCUT2D eigenvalue weighted by Gasteiger charge is -2.16. The first-order valence-electron chi connectivity index (χ1n) is 9.34. The van der Waals surface area contributed by atoms with Crippen LogP contribution in [0.25, 0.3) is 0 Å². The van der Waals surface area contributed by atoms with Crippen molar-refractivity contribution in [2.45, 2.75) is 23.5 Å². The number of urea groups is 1. The molecule has 1 saturated heterocycles. The number of rotatable bonds is 4. The van der Waals surface area contributed by atoms with Crippen molar-refractivity contribution in [1.29, 1.82) is 0 Å². The first kappa shape index (κ1) is 24.9. The molecule has 1 aliphatic rings. The average Bonchev–Trinajstić information content (AvgIpc) is 3.26. The molecule has 0 aromatic heterocycles. The molecule has 3 N–H and O–H groups in total. The van der Waals surface area contributed by atoms with E-state index in [0.29, 0.717) is 11.4 Å². The van der Waals surface area contributed by atoms with Crippen molar-refractivity contribution in [2.24, 2.45) is 0 Å². The minimum absolute atomic E-state index is 0.0463. The summed E-state index contributed by atoms with van der Waals surface area (Å²) in [5.41, 5.74) is 6.14. The van der Waals surface area contributed by atoms with Gasteiger partial charge in [-0.25, -0.2) is 13.6 Å². The fourth-order valence-corrected chi connectivity index (χ4v) is 3.34. The van der Waals surface area contributed by atoms with Crippen LogP contribution in [0.5, 0.6) is 0 Å². The molecule has 3 rings (SSSR count). The number of hydrogen-bond acceptors (Lipinski definition) is 4. The average molecular weight is 561 g/mol. The summed E-state index contributed by atoms with van der Waals surface area (Å²) in [5, 5.41) is 2.68. The maximum Gasteiger partial charge on any atom is 0.321 e. The van der Waals surface area contributed by atoms with E-state index < -0.39 is 21.2 Å². The predicted molar refractivity (Wildman–Crippen MR) is 123 cm³/mol. The van der Waals surface area contributed by atoms with Gasteiger partial charge >= 0.3 is 6.03 Å². The molecule has 6 nitrogen and oxygen atoms in total. The number of nitrogens with two attached hydrogens (primary N) is 1. The van der Waals surface area contributed by atoms with Gasteiger partial charge in [-0.3, -0.25) is 9.59 Å². The highest BCUT2D eigenvalue weighted by atomic mass is 79.9. The number of carbonyl (C=O) groups is 3. The Morgan fingerprint density at radius 3 is 2.13 bits per heavy atom. The van der Waals surface area contributed by atoms with Crippen molar-refractivity contribution in [2.75, 3.05) is 24.1 Å². The Kier molecular flexibility index (Phi) is 9.12. The van der Waals surface area contributed by atoms with Crippen LogP contribution in [0.2, 0.25) is 0 Å². The topological polar surface area (TPSA) is 92.5 Å². The Morgan fingerprint density at radius 2 is 1.58 bits per heavy atom. The molecule has 2 aromatic rings. The zero-order chi connectivity index (χ0) is 23.1. The van der Waals surface area contributed by atoms with Crippen LogP contribution in [0.15, 0.2) is 36.4 Å². The molecule has 0 atom stereocenters. The molecule has 10 heteroatoms. The van der Waals surface area contributed by atoms with E-state index in [0.717, 1.165) is 25.9 Å². The van der Waals surface area contributed by atoms with Gasteiger partial charge in [0, 0.05) is 24.5 Å². The summed E-state index contributed by atoms with van der Waals surface area (Å²) in [4.78, 5) is 36.2. The van der Waals surface area contributed by atoms with Crippen molar-refractivity contribution < 1.29 is 23.2 Å². The first-order chi connectivity index (χ1) is 14.6. The molecular weight excluding hydrogens is 540 g/mol. The number of halogens is 4. The highest BCUT2D eigenvalue weighted by molar-refractivity contribution is 9.25. The van der Waals surface area contributed by atoms with Crippen molar-refractivity contribution in [3.05, 3.63) is 59.2 Å². The highest BCUT2D eigenvalue weighted by Gasteiger charge is 2.21. The first-order valence-corrected chi connectivity index (χ1v) is 11.2. The Morgan fingerprint density at radius 1 is 1.00 bits per heavy atom. The van der Waals surface area contributed by atoms with Gasteiger partial charge in [-0.2, -0.15) is 0 Å². The molecule has 1 heterocycles. The normalized spacial score (nSPS) is 12.9. The van der Waals surface area contributed by atoms with Gasteiger partial charge in [0.25, 0.3) is 0 Å². The number of hydrogen-bond donors (Lipinski definition) is 2. The van der Waals surface area contributed by atoms with Gasteiger partial charge in [-0.15, -0.1) is 0 Å². The van der Waals surface area contributed by atoms with Gasteiger partial charge in [0.05, 0.1) is 11.1 Å². The van der Waals surface area contributed by atoms with Crippen LogP contribution < -0.4 is 11.1 Å². The van der Waals surface area contributed by atoms with Crippen LogP contribution in [0, 0.1) is 11.6 Å². The van der Waals surface area contributed by atoms with Crippen molar-refractivity contribution >= 4 is 60.8 Å². The second-order valence-corrected chi connectivity index (χ2v) is 9.84. The number of Topliss-reactive ketones (excluding diaryl/α,β-unsaturated/α-hetero) is 2. The summed E-state index contributed by atoms with van der Waals surface area (Å²) in [7, 11) is 0. The SMILES string of the molecule is CC(=O)c1cc(N)ccc1F.O=C(c1cc(NC(=O)N2CCCC2)ccc1F)C(Br)Br. The van der Waals surface area contributed by atoms with Crippen LogP contribution >= 0.6 is 31.9 Å². The van der Waals surface area contributed by atoms with E-state index in [1.165, 1.54) is 43.3 Å². The van der Waals surface area contributed by atoms with Crippen LogP contribution in [0.3, 0.4) is 0 Å². The maximum atomic E-state index is 13.6. The van der Waals surface area contributed by atoms with E-state index in [-0.39, 0.29) is 22.9 Å². The zero-order valence-corrected chi connectivity index (χ0v) is 19.8. The lowest BCUT2D eigenvalue weighted by Crippen LogP contribution is -2.32. The van der Waals surface area contributed by atoms with Crippen LogP contribution in [0.4, 0.5) is 25.0 Å². The number of amides is 2. The smallest absolute Gasteiger partial charge is 0.321 e. The van der Waals surface area contributed by atoms with E-state index in [2.05, 4.69) is 37.2 Å². The van der Waals surface area contributed by atoms with Crippen LogP contribution in [-0.4, -0.2) is 39.3 Å². The van der Waals surface area contributed by atoms with E-state index in [1.807, 2.05) is 0 Å². The third-order valence-electron chi connectivity index (χ3n) is 4.44. The molecule has 0 bridgehead atoms. The summed E-state index contributed by atoms with van der Waals surface area (Å²) >= 11 is 6.09. The fourth-order valence-electron chi connectivity index (χ4n) is 2.84. The minimum Gasteiger partial charge on any atom is -0.399 e. The summed E-state index contributed by atoms with van der Waals surface area (Å²) in [6.07, 6.45) is 1.99. The number of nitrogens with zero attached hydrogens (tertiary/aromatic N) is 1. The molecule has 0 saturated carbocycles.